The SMILES string of the molecule is CN1CC2CC1(C(=O)Nc1ccc(F)cc1)C2. The van der Waals surface area contributed by atoms with Crippen molar-refractivity contribution in [2.24, 2.45) is 5.92 Å². The zero-order valence-corrected chi connectivity index (χ0v) is 9.74. The summed E-state index contributed by atoms with van der Waals surface area (Å²) < 4.78 is 12.7. The maximum atomic E-state index is 12.7. The van der Waals surface area contributed by atoms with Crippen molar-refractivity contribution in [2.45, 2.75) is 18.4 Å². The predicted molar refractivity (Wildman–Crippen MR) is 63.1 cm³/mol. The van der Waals surface area contributed by atoms with Gasteiger partial charge in [0.1, 0.15) is 11.4 Å². The van der Waals surface area contributed by atoms with Crippen LogP contribution in [-0.4, -0.2) is 29.9 Å². The number of anilines is 1. The van der Waals surface area contributed by atoms with E-state index in [1.54, 1.807) is 12.1 Å². The van der Waals surface area contributed by atoms with E-state index in [0.717, 1.165) is 19.4 Å². The van der Waals surface area contributed by atoms with E-state index < -0.39 is 0 Å². The molecule has 2 saturated heterocycles. The Balaban J connectivity index is 1.74. The smallest absolute Gasteiger partial charge is 0.244 e. The van der Waals surface area contributed by atoms with Crippen LogP contribution in [0.5, 0.6) is 0 Å². The molecule has 2 heterocycles. The molecule has 3 nitrogen and oxygen atoms in total. The summed E-state index contributed by atoms with van der Waals surface area (Å²) in [6.07, 6.45) is 1.91. The molecule has 2 bridgehead atoms. The molecule has 4 heteroatoms. The fourth-order valence-electron chi connectivity index (χ4n) is 3.04. The molecule has 3 fully saturated rings. The summed E-state index contributed by atoms with van der Waals surface area (Å²) in [5.74, 6) is 0.433. The highest BCUT2D eigenvalue weighted by Crippen LogP contribution is 2.50. The van der Waals surface area contributed by atoms with Gasteiger partial charge in [-0.15, -0.1) is 0 Å². The highest BCUT2D eigenvalue weighted by molar-refractivity contribution is 5.99. The Morgan fingerprint density at radius 1 is 1.41 bits per heavy atom. The number of hydrogen-bond donors (Lipinski definition) is 1. The zero-order valence-electron chi connectivity index (χ0n) is 9.74. The maximum absolute atomic E-state index is 12.7. The van der Waals surface area contributed by atoms with Crippen LogP contribution in [0.25, 0.3) is 0 Å². The highest BCUT2D eigenvalue weighted by atomic mass is 19.1. The Bertz CT molecular complexity index is 451. The van der Waals surface area contributed by atoms with E-state index in [0.29, 0.717) is 11.6 Å². The van der Waals surface area contributed by atoms with Gasteiger partial charge in [-0.3, -0.25) is 9.69 Å². The van der Waals surface area contributed by atoms with Gasteiger partial charge >= 0.3 is 0 Å². The monoisotopic (exact) mass is 234 g/mol. The van der Waals surface area contributed by atoms with Crippen LogP contribution in [0.4, 0.5) is 10.1 Å². The second kappa shape index (κ2) is 3.53. The lowest BCUT2D eigenvalue weighted by Gasteiger charge is -2.39. The maximum Gasteiger partial charge on any atom is 0.244 e. The molecule has 17 heavy (non-hydrogen) atoms. The number of rotatable bonds is 2. The molecule has 1 amide bonds. The van der Waals surface area contributed by atoms with E-state index in [1.807, 2.05) is 7.05 Å². The van der Waals surface area contributed by atoms with E-state index >= 15 is 0 Å². The molecule has 90 valence electrons. The largest absolute Gasteiger partial charge is 0.324 e. The molecule has 0 aromatic heterocycles. The lowest BCUT2D eigenvalue weighted by Crippen LogP contribution is -2.54. The van der Waals surface area contributed by atoms with Gasteiger partial charge in [0.2, 0.25) is 5.91 Å². The van der Waals surface area contributed by atoms with E-state index in [2.05, 4.69) is 10.2 Å². The standard InChI is InChI=1S/C13H15FN2O/c1-16-8-9-6-13(16,7-9)12(17)15-11-4-2-10(14)3-5-11/h2-5,9H,6-8H2,1H3,(H,15,17). The molecule has 2 aliphatic heterocycles. The summed E-state index contributed by atoms with van der Waals surface area (Å²) in [5, 5.41) is 2.87. The van der Waals surface area contributed by atoms with Crippen LogP contribution < -0.4 is 5.32 Å². The molecule has 1 aromatic carbocycles. The van der Waals surface area contributed by atoms with Crippen LogP contribution in [-0.2, 0) is 4.79 Å². The fraction of sp³-hybridized carbons (Fsp3) is 0.462. The van der Waals surface area contributed by atoms with Crippen LogP contribution in [0.1, 0.15) is 12.8 Å². The molecule has 0 spiro atoms. The first-order valence-corrected chi connectivity index (χ1v) is 5.88. The Kier molecular flexibility index (Phi) is 2.23. The highest BCUT2D eigenvalue weighted by Gasteiger charge is 2.59. The van der Waals surface area contributed by atoms with Gasteiger partial charge in [0.15, 0.2) is 0 Å². The number of benzene rings is 1. The van der Waals surface area contributed by atoms with Gasteiger partial charge in [-0.2, -0.15) is 0 Å². The van der Waals surface area contributed by atoms with Crippen molar-refractivity contribution in [1.82, 2.24) is 4.90 Å². The predicted octanol–water partition coefficient (Wildman–Crippen LogP) is 1.86. The molecule has 0 atom stereocenters. The summed E-state index contributed by atoms with van der Waals surface area (Å²) >= 11 is 0. The van der Waals surface area contributed by atoms with Crippen LogP contribution >= 0.6 is 0 Å². The summed E-state index contributed by atoms with van der Waals surface area (Å²) in [4.78, 5) is 14.4. The number of fused-ring (bicyclic) bond motifs is 1. The van der Waals surface area contributed by atoms with Crippen LogP contribution in [0.3, 0.4) is 0 Å². The lowest BCUT2D eigenvalue weighted by atomic mass is 9.72. The van der Waals surface area contributed by atoms with Gasteiger partial charge in [0.25, 0.3) is 0 Å². The van der Waals surface area contributed by atoms with Crippen LogP contribution in [0.15, 0.2) is 24.3 Å². The Labute approximate surface area is 99.6 Å². The number of likely N-dealkylation sites (N-methyl/N-ethyl adjacent to an activating group) is 1. The van der Waals surface area contributed by atoms with E-state index in [9.17, 15) is 9.18 Å². The van der Waals surface area contributed by atoms with E-state index in [4.69, 9.17) is 0 Å². The molecule has 1 saturated carbocycles. The Hall–Kier alpha value is -1.42. The molecule has 1 aromatic rings. The summed E-state index contributed by atoms with van der Waals surface area (Å²) in [5.41, 5.74) is 0.355. The van der Waals surface area contributed by atoms with Crippen molar-refractivity contribution in [2.75, 3.05) is 18.9 Å². The van der Waals surface area contributed by atoms with Gasteiger partial charge < -0.3 is 5.32 Å². The van der Waals surface area contributed by atoms with Crippen LogP contribution in [0, 0.1) is 11.7 Å². The number of amides is 1. The summed E-state index contributed by atoms with van der Waals surface area (Å²) in [7, 11) is 2.00. The number of nitrogens with zero attached hydrogens (tertiary/aromatic N) is 1. The minimum atomic E-state index is -0.306. The van der Waals surface area contributed by atoms with Crippen molar-refractivity contribution < 1.29 is 9.18 Å². The minimum Gasteiger partial charge on any atom is -0.324 e. The zero-order chi connectivity index (χ0) is 12.0. The average molecular weight is 234 g/mol. The first-order chi connectivity index (χ1) is 8.10. The number of carbonyl (C=O) groups is 1. The van der Waals surface area contributed by atoms with E-state index in [1.165, 1.54) is 12.1 Å². The summed E-state index contributed by atoms with van der Waals surface area (Å²) in [6, 6.07) is 5.90. The van der Waals surface area contributed by atoms with Gasteiger partial charge in [-0.05, 0) is 50.1 Å². The van der Waals surface area contributed by atoms with Gasteiger partial charge in [0.05, 0.1) is 0 Å². The first-order valence-electron chi connectivity index (χ1n) is 5.88. The second-order valence-electron chi connectivity index (χ2n) is 5.15. The number of carbonyl (C=O) groups excluding carboxylic acids is 1. The van der Waals surface area contributed by atoms with Gasteiger partial charge in [-0.1, -0.05) is 0 Å². The normalized spacial score (nSPS) is 31.1. The molecule has 1 aliphatic carbocycles. The number of nitrogens with one attached hydrogen (secondary N) is 1. The molecule has 0 unspecified atom stereocenters. The fourth-order valence-corrected chi connectivity index (χ4v) is 3.04. The molecule has 0 radical (unpaired) electrons. The quantitative estimate of drug-likeness (QED) is 0.847. The minimum absolute atomic E-state index is 0.0420. The van der Waals surface area contributed by atoms with Gasteiger partial charge in [-0.25, -0.2) is 4.39 Å². The molecular formula is C13H15FN2O. The topological polar surface area (TPSA) is 32.3 Å². The average Bonchev–Trinajstić information content (AvgIpc) is 2.73. The van der Waals surface area contributed by atoms with Crippen molar-refractivity contribution in [1.29, 1.82) is 0 Å². The summed E-state index contributed by atoms with van der Waals surface area (Å²) in [6.45, 7) is 1.01. The number of halogens is 1. The third-order valence-corrected chi connectivity index (χ3v) is 4.04. The Morgan fingerprint density at radius 2 is 2.06 bits per heavy atom. The second-order valence-corrected chi connectivity index (χ2v) is 5.15. The van der Waals surface area contributed by atoms with Crippen molar-refractivity contribution in [3.63, 3.8) is 0 Å². The molecular weight excluding hydrogens is 219 g/mol. The number of hydrogen-bond acceptors (Lipinski definition) is 2. The first kappa shape index (κ1) is 10.7. The Morgan fingerprint density at radius 3 is 2.59 bits per heavy atom. The van der Waals surface area contributed by atoms with Crippen molar-refractivity contribution >= 4 is 11.6 Å². The van der Waals surface area contributed by atoms with Crippen molar-refractivity contribution in [3.8, 4) is 0 Å². The lowest BCUT2D eigenvalue weighted by molar-refractivity contribution is -0.128. The molecule has 4 rings (SSSR count). The molecule has 3 aliphatic rings. The third-order valence-electron chi connectivity index (χ3n) is 4.04. The van der Waals surface area contributed by atoms with Gasteiger partial charge in [0, 0.05) is 12.2 Å². The van der Waals surface area contributed by atoms with Crippen LogP contribution in [0.2, 0.25) is 0 Å². The van der Waals surface area contributed by atoms with E-state index in [-0.39, 0.29) is 17.3 Å². The van der Waals surface area contributed by atoms with Crippen molar-refractivity contribution in [3.05, 3.63) is 30.1 Å². The third kappa shape index (κ3) is 1.55. The molecule has 1 N–H and O–H groups in total.